The number of allylic oxidation sites excluding steroid dienone is 1. The number of likely N-dealkylation sites (tertiary alicyclic amines) is 1. The van der Waals surface area contributed by atoms with Gasteiger partial charge in [-0.1, -0.05) is 36.4 Å². The van der Waals surface area contributed by atoms with Crippen molar-refractivity contribution < 1.29 is 24.2 Å². The smallest absolute Gasteiger partial charge is 0.311 e. The predicted octanol–water partition coefficient (Wildman–Crippen LogP) is 3.56. The molecule has 0 bridgehead atoms. The van der Waals surface area contributed by atoms with Crippen molar-refractivity contribution in [1.29, 1.82) is 0 Å². The zero-order valence-corrected chi connectivity index (χ0v) is 22.6. The Morgan fingerprint density at radius 3 is 2.68 bits per heavy atom. The molecular formula is C29H36N2O5S. The molecule has 1 aromatic rings. The lowest BCUT2D eigenvalue weighted by atomic mass is 9.74. The molecule has 2 saturated heterocycles. The molecule has 7 nitrogen and oxygen atoms in total. The summed E-state index contributed by atoms with van der Waals surface area (Å²) in [5.74, 6) is -2.14. The number of fused-ring (bicyclic) bond motifs is 2. The van der Waals surface area contributed by atoms with Gasteiger partial charge in [0.1, 0.15) is 6.04 Å². The Bertz CT molecular complexity index is 1160. The molecule has 2 fully saturated rings. The SMILES string of the molecule is Cc1ccc(C)c(N2CC=C[C@]34S[C@]5(C)/C=C\CCCCOC(=O)[C@@H]5[C@H]3C(=O)N(CCCO)C4C2=O)c1. The van der Waals surface area contributed by atoms with E-state index in [1.807, 2.05) is 51.1 Å². The number of nitrogens with zero attached hydrogens (tertiary/aromatic N) is 2. The highest BCUT2D eigenvalue weighted by molar-refractivity contribution is 8.02. The molecular weight excluding hydrogens is 488 g/mol. The summed E-state index contributed by atoms with van der Waals surface area (Å²) in [4.78, 5) is 45.6. The van der Waals surface area contributed by atoms with Gasteiger partial charge in [-0.15, -0.1) is 11.8 Å². The monoisotopic (exact) mass is 524 g/mol. The van der Waals surface area contributed by atoms with Gasteiger partial charge in [0, 0.05) is 30.1 Å². The fourth-order valence-electron chi connectivity index (χ4n) is 6.50. The van der Waals surface area contributed by atoms with Crippen molar-refractivity contribution in [3.63, 3.8) is 0 Å². The molecule has 1 aromatic carbocycles. The molecule has 1 unspecified atom stereocenters. The summed E-state index contributed by atoms with van der Waals surface area (Å²) in [5, 5.41) is 9.59. The molecule has 5 atom stereocenters. The fraction of sp³-hybridized carbons (Fsp3) is 0.552. The lowest BCUT2D eigenvalue weighted by Gasteiger charge is -2.37. The highest BCUT2D eigenvalue weighted by atomic mass is 32.2. The van der Waals surface area contributed by atoms with Crippen LogP contribution in [0.5, 0.6) is 0 Å². The number of aryl methyl sites for hydroxylation is 2. The van der Waals surface area contributed by atoms with Gasteiger partial charge in [0.2, 0.25) is 5.91 Å². The van der Waals surface area contributed by atoms with Crippen molar-refractivity contribution in [2.45, 2.75) is 62.0 Å². The highest BCUT2D eigenvalue weighted by Crippen LogP contribution is 2.65. The number of benzene rings is 1. The second kappa shape index (κ2) is 9.95. The van der Waals surface area contributed by atoms with Crippen LogP contribution in [0, 0.1) is 25.7 Å². The number of amides is 2. The summed E-state index contributed by atoms with van der Waals surface area (Å²) in [6.07, 6.45) is 11.1. The van der Waals surface area contributed by atoms with Crippen LogP contribution in [-0.4, -0.2) is 69.6 Å². The zero-order chi connectivity index (χ0) is 26.4. The van der Waals surface area contributed by atoms with E-state index in [0.717, 1.165) is 36.1 Å². The van der Waals surface area contributed by atoms with Crippen LogP contribution in [0.3, 0.4) is 0 Å². The summed E-state index contributed by atoms with van der Waals surface area (Å²) >= 11 is 1.56. The molecule has 0 aromatic heterocycles. The van der Waals surface area contributed by atoms with Crippen molar-refractivity contribution in [2.75, 3.05) is 31.2 Å². The highest BCUT2D eigenvalue weighted by Gasteiger charge is 2.73. The molecule has 8 heteroatoms. The molecule has 37 heavy (non-hydrogen) atoms. The van der Waals surface area contributed by atoms with E-state index in [1.54, 1.807) is 21.6 Å². The van der Waals surface area contributed by atoms with Crippen molar-refractivity contribution in [3.05, 3.63) is 53.6 Å². The third-order valence-corrected chi connectivity index (χ3v) is 10.0. The molecule has 1 N–H and O–H groups in total. The number of cyclic esters (lactones) is 1. The summed E-state index contributed by atoms with van der Waals surface area (Å²) in [7, 11) is 0. The largest absolute Gasteiger partial charge is 0.465 e. The standard InChI is InChI=1S/C29H36N2O5S/c1-19-10-11-20(2)21(18-19)30-14-8-13-29-22(25(33)31(15-9-16-32)24(29)26(30)34)23-27(35)36-17-7-5-4-6-12-28(23,3)37-29/h6,8,10-13,18,22-24,32H,4-5,7,9,14-17H2,1-3H3/b12-6-/t22-,23-,24?,28+,29-/m0/s1. The van der Waals surface area contributed by atoms with Gasteiger partial charge < -0.3 is 19.6 Å². The first-order chi connectivity index (χ1) is 17.7. The summed E-state index contributed by atoms with van der Waals surface area (Å²) < 4.78 is 4.11. The maximum absolute atomic E-state index is 14.5. The maximum atomic E-state index is 14.5. The van der Waals surface area contributed by atoms with Gasteiger partial charge in [0.25, 0.3) is 5.91 Å². The minimum atomic E-state index is -0.910. The van der Waals surface area contributed by atoms with Crippen LogP contribution in [0.25, 0.3) is 0 Å². The first-order valence-electron chi connectivity index (χ1n) is 13.3. The second-order valence-electron chi connectivity index (χ2n) is 10.8. The van der Waals surface area contributed by atoms with E-state index in [-0.39, 0.29) is 30.9 Å². The average molecular weight is 525 g/mol. The Morgan fingerprint density at radius 1 is 1.08 bits per heavy atom. The number of carbonyl (C=O) groups excluding carboxylic acids is 3. The molecule has 0 radical (unpaired) electrons. The van der Waals surface area contributed by atoms with Gasteiger partial charge in [-0.2, -0.15) is 0 Å². The second-order valence-corrected chi connectivity index (χ2v) is 12.6. The number of carbonyl (C=O) groups is 3. The van der Waals surface area contributed by atoms with Crippen molar-refractivity contribution in [1.82, 2.24) is 4.90 Å². The molecule has 0 aliphatic carbocycles. The van der Waals surface area contributed by atoms with Crippen LogP contribution < -0.4 is 4.90 Å². The van der Waals surface area contributed by atoms with Gasteiger partial charge in [0.15, 0.2) is 0 Å². The Hall–Kier alpha value is -2.58. The molecule has 4 heterocycles. The molecule has 4 aliphatic heterocycles. The van der Waals surface area contributed by atoms with E-state index in [4.69, 9.17) is 4.74 Å². The fourth-order valence-corrected chi connectivity index (χ4v) is 8.66. The first-order valence-corrected chi connectivity index (χ1v) is 14.1. The van der Waals surface area contributed by atoms with Gasteiger partial charge in [-0.05, 0) is 63.6 Å². The average Bonchev–Trinajstić information content (AvgIpc) is 3.19. The van der Waals surface area contributed by atoms with Crippen molar-refractivity contribution >= 4 is 35.2 Å². The van der Waals surface area contributed by atoms with Gasteiger partial charge >= 0.3 is 5.97 Å². The van der Waals surface area contributed by atoms with Gasteiger partial charge in [0.05, 0.1) is 23.2 Å². The Morgan fingerprint density at radius 2 is 1.89 bits per heavy atom. The maximum Gasteiger partial charge on any atom is 0.311 e. The molecule has 2 amide bonds. The number of anilines is 1. The first kappa shape index (κ1) is 26.0. The Labute approximate surface area is 222 Å². The molecule has 1 spiro atoms. The van der Waals surface area contributed by atoms with E-state index in [9.17, 15) is 19.5 Å². The van der Waals surface area contributed by atoms with E-state index < -0.39 is 27.4 Å². The van der Waals surface area contributed by atoms with E-state index in [0.29, 0.717) is 19.6 Å². The normalized spacial score (nSPS) is 34.5. The van der Waals surface area contributed by atoms with Crippen LogP contribution in [0.1, 0.15) is 43.7 Å². The van der Waals surface area contributed by atoms with Crippen LogP contribution in [0.2, 0.25) is 0 Å². The molecule has 5 rings (SSSR count). The number of hydrogen-bond acceptors (Lipinski definition) is 6. The van der Waals surface area contributed by atoms with E-state index in [2.05, 4.69) is 12.2 Å². The Balaban J connectivity index is 1.65. The zero-order valence-electron chi connectivity index (χ0n) is 21.8. The number of aliphatic hydroxyl groups excluding tert-OH is 1. The number of ether oxygens (including phenoxy) is 1. The molecule has 198 valence electrons. The lowest BCUT2D eigenvalue weighted by molar-refractivity contribution is -0.154. The van der Waals surface area contributed by atoms with Gasteiger partial charge in [-0.25, -0.2) is 0 Å². The van der Waals surface area contributed by atoms with Crippen molar-refractivity contribution in [2.24, 2.45) is 11.8 Å². The van der Waals surface area contributed by atoms with Gasteiger partial charge in [-0.3, -0.25) is 14.4 Å². The topological polar surface area (TPSA) is 87.2 Å². The molecule has 4 aliphatic rings. The van der Waals surface area contributed by atoms with Crippen LogP contribution in [-0.2, 0) is 19.1 Å². The van der Waals surface area contributed by atoms with Crippen molar-refractivity contribution in [3.8, 4) is 0 Å². The van der Waals surface area contributed by atoms with E-state index in [1.165, 1.54) is 0 Å². The number of rotatable bonds is 4. The quantitative estimate of drug-likeness (QED) is 0.479. The minimum Gasteiger partial charge on any atom is -0.465 e. The third-order valence-electron chi connectivity index (χ3n) is 8.21. The number of thioether (sulfide) groups is 1. The molecule has 0 saturated carbocycles. The third kappa shape index (κ3) is 4.22. The number of esters is 1. The number of hydrogen-bond donors (Lipinski definition) is 1. The van der Waals surface area contributed by atoms with Crippen LogP contribution in [0.15, 0.2) is 42.5 Å². The summed E-state index contributed by atoms with van der Waals surface area (Å²) in [6.45, 7) is 6.88. The van der Waals surface area contributed by atoms with Crippen LogP contribution >= 0.6 is 11.8 Å². The predicted molar refractivity (Wildman–Crippen MR) is 144 cm³/mol. The summed E-state index contributed by atoms with van der Waals surface area (Å²) in [5.41, 5.74) is 2.87. The Kier molecular flexibility index (Phi) is 7.00. The lowest BCUT2D eigenvalue weighted by Crippen LogP contribution is -2.53. The number of aliphatic hydroxyl groups is 1. The summed E-state index contributed by atoms with van der Waals surface area (Å²) in [6, 6.07) is 5.26. The van der Waals surface area contributed by atoms with E-state index >= 15 is 0 Å². The minimum absolute atomic E-state index is 0.0854. The van der Waals surface area contributed by atoms with Crippen LogP contribution in [0.4, 0.5) is 5.69 Å².